The van der Waals surface area contributed by atoms with Crippen LogP contribution in [0.2, 0.25) is 10.0 Å². The fourth-order valence-corrected chi connectivity index (χ4v) is 5.18. The number of halogens is 3. The molecular formula is C25H25Cl2FNO+. The summed E-state index contributed by atoms with van der Waals surface area (Å²) < 4.78 is 13.6. The van der Waals surface area contributed by atoms with Crippen molar-refractivity contribution in [2.24, 2.45) is 11.8 Å². The summed E-state index contributed by atoms with van der Waals surface area (Å²) >= 11 is 12.2. The summed E-state index contributed by atoms with van der Waals surface area (Å²) in [5.41, 5.74) is 1.78. The van der Waals surface area contributed by atoms with Crippen molar-refractivity contribution in [1.29, 1.82) is 0 Å². The summed E-state index contributed by atoms with van der Waals surface area (Å²) in [5, 5.41) is 15.8. The fraction of sp³-hybridized carbons (Fsp3) is 0.280. The summed E-state index contributed by atoms with van der Waals surface area (Å²) in [6, 6.07) is 21.8. The highest BCUT2D eigenvalue weighted by Gasteiger charge is 2.55. The van der Waals surface area contributed by atoms with Crippen molar-refractivity contribution in [1.82, 2.24) is 0 Å². The van der Waals surface area contributed by atoms with E-state index >= 15 is 0 Å². The van der Waals surface area contributed by atoms with Gasteiger partial charge in [-0.25, -0.2) is 4.39 Å². The van der Waals surface area contributed by atoms with Crippen LogP contribution in [-0.4, -0.2) is 5.11 Å². The van der Waals surface area contributed by atoms with Crippen LogP contribution in [0.4, 0.5) is 4.39 Å². The number of rotatable bonds is 3. The molecule has 3 aromatic carbocycles. The second kappa shape index (κ2) is 8.32. The van der Waals surface area contributed by atoms with Crippen LogP contribution in [-0.2, 0) is 5.60 Å². The normalized spacial score (nSPS) is 29.0. The Bertz CT molecular complexity index is 947. The molecule has 0 spiro atoms. The number of aliphatic hydroxyl groups is 1. The topological polar surface area (TPSA) is 36.8 Å². The molecular weight excluding hydrogens is 420 g/mol. The average Bonchev–Trinajstić information content (AvgIpc) is 2.74. The average molecular weight is 445 g/mol. The molecule has 156 valence electrons. The molecule has 0 aliphatic carbocycles. The Morgan fingerprint density at radius 2 is 1.13 bits per heavy atom. The van der Waals surface area contributed by atoms with Gasteiger partial charge in [-0.15, -0.1) is 0 Å². The van der Waals surface area contributed by atoms with Crippen LogP contribution in [0, 0.1) is 17.7 Å². The minimum atomic E-state index is -1.14. The van der Waals surface area contributed by atoms with Crippen molar-refractivity contribution in [2.45, 2.75) is 31.5 Å². The highest BCUT2D eigenvalue weighted by molar-refractivity contribution is 6.30. The molecule has 1 unspecified atom stereocenters. The van der Waals surface area contributed by atoms with Gasteiger partial charge in [0.05, 0.1) is 0 Å². The van der Waals surface area contributed by atoms with E-state index in [2.05, 4.69) is 19.2 Å². The predicted octanol–water partition coefficient (Wildman–Crippen LogP) is 5.65. The molecule has 0 bridgehead atoms. The molecule has 1 heterocycles. The maximum atomic E-state index is 13.6. The molecule has 0 radical (unpaired) electrons. The minimum absolute atomic E-state index is 0.00537. The van der Waals surface area contributed by atoms with Gasteiger partial charge in [0.15, 0.2) is 0 Å². The summed E-state index contributed by atoms with van der Waals surface area (Å²) in [5.74, 6) is -0.557. The lowest BCUT2D eigenvalue weighted by Crippen LogP contribution is -2.93. The Morgan fingerprint density at radius 1 is 0.733 bits per heavy atom. The number of nitrogens with two attached hydrogens (primary N) is 1. The van der Waals surface area contributed by atoms with E-state index in [-0.39, 0.29) is 29.7 Å². The van der Waals surface area contributed by atoms with Crippen molar-refractivity contribution in [3.63, 3.8) is 0 Å². The zero-order valence-corrected chi connectivity index (χ0v) is 18.4. The zero-order chi connectivity index (χ0) is 21.5. The number of quaternary nitrogens is 1. The summed E-state index contributed by atoms with van der Waals surface area (Å²) in [6.07, 6.45) is 0. The first-order valence-corrected chi connectivity index (χ1v) is 10.9. The van der Waals surface area contributed by atoms with Gasteiger partial charge < -0.3 is 10.4 Å². The number of hydrogen-bond donors (Lipinski definition) is 2. The molecule has 30 heavy (non-hydrogen) atoms. The minimum Gasteiger partial charge on any atom is -0.384 e. The zero-order valence-electron chi connectivity index (χ0n) is 16.9. The van der Waals surface area contributed by atoms with Crippen LogP contribution in [0.25, 0.3) is 0 Å². The van der Waals surface area contributed by atoms with E-state index in [9.17, 15) is 9.50 Å². The molecule has 0 aromatic heterocycles. The van der Waals surface area contributed by atoms with Crippen molar-refractivity contribution < 1.29 is 14.8 Å². The van der Waals surface area contributed by atoms with E-state index in [1.807, 2.05) is 48.5 Å². The van der Waals surface area contributed by atoms with Crippen molar-refractivity contribution in [3.8, 4) is 0 Å². The second-order valence-electron chi connectivity index (χ2n) is 8.26. The first-order chi connectivity index (χ1) is 14.3. The van der Waals surface area contributed by atoms with Crippen LogP contribution in [0.15, 0.2) is 72.8 Å². The quantitative estimate of drug-likeness (QED) is 0.537. The Labute approximate surface area is 186 Å². The first kappa shape index (κ1) is 21.3. The van der Waals surface area contributed by atoms with Gasteiger partial charge in [-0.3, -0.25) is 0 Å². The first-order valence-electron chi connectivity index (χ1n) is 10.1. The van der Waals surface area contributed by atoms with Crippen molar-refractivity contribution >= 4 is 23.2 Å². The number of piperidine rings is 1. The third-order valence-corrected chi connectivity index (χ3v) is 7.20. The van der Waals surface area contributed by atoms with Crippen LogP contribution >= 0.6 is 23.2 Å². The lowest BCUT2D eigenvalue weighted by atomic mass is 9.63. The van der Waals surface area contributed by atoms with Gasteiger partial charge in [0.2, 0.25) is 0 Å². The van der Waals surface area contributed by atoms with Gasteiger partial charge >= 0.3 is 0 Å². The van der Waals surface area contributed by atoms with Gasteiger partial charge in [0.25, 0.3) is 0 Å². The van der Waals surface area contributed by atoms with Crippen LogP contribution < -0.4 is 5.32 Å². The maximum Gasteiger partial charge on any atom is 0.123 e. The van der Waals surface area contributed by atoms with Crippen LogP contribution in [0.5, 0.6) is 0 Å². The highest BCUT2D eigenvalue weighted by Crippen LogP contribution is 2.48. The smallest absolute Gasteiger partial charge is 0.123 e. The van der Waals surface area contributed by atoms with Crippen LogP contribution in [0.3, 0.4) is 0 Å². The monoisotopic (exact) mass is 444 g/mol. The summed E-state index contributed by atoms with van der Waals surface area (Å²) in [6.45, 7) is 4.13. The Kier molecular flexibility index (Phi) is 5.91. The molecule has 5 atom stereocenters. The second-order valence-corrected chi connectivity index (χ2v) is 9.13. The maximum absolute atomic E-state index is 13.6. The third-order valence-electron chi connectivity index (χ3n) is 6.70. The summed E-state index contributed by atoms with van der Waals surface area (Å²) in [7, 11) is 0. The van der Waals surface area contributed by atoms with Gasteiger partial charge in [0, 0.05) is 33.0 Å². The van der Waals surface area contributed by atoms with Crippen LogP contribution in [0.1, 0.15) is 42.6 Å². The molecule has 1 aliphatic rings. The molecule has 3 aromatic rings. The standard InChI is InChI=1S/C25H24Cl2FNO/c1-15-23(17-3-9-20(26)10-4-17)29-24(18-5-11-21(27)12-6-18)16(2)25(15,30)19-7-13-22(28)14-8-19/h3-16,23-24,29-30H,1-2H3/p+1/t15-,16+,23-,24-,25?/m0/s1. The van der Waals surface area contributed by atoms with Gasteiger partial charge in [-0.2, -0.15) is 0 Å². The SMILES string of the molecule is C[C@@H]1[C@@H](c2ccc(Cl)cc2)[NH2+][C@H](c2ccc(Cl)cc2)[C@H](C)C1(O)c1ccc(F)cc1. The van der Waals surface area contributed by atoms with E-state index in [0.717, 1.165) is 16.7 Å². The molecule has 1 saturated heterocycles. The molecule has 3 N–H and O–H groups in total. The van der Waals surface area contributed by atoms with E-state index < -0.39 is 5.60 Å². The van der Waals surface area contributed by atoms with Gasteiger partial charge in [0.1, 0.15) is 23.5 Å². The Morgan fingerprint density at radius 3 is 1.53 bits per heavy atom. The Hall–Kier alpha value is -1.91. The van der Waals surface area contributed by atoms with Crippen molar-refractivity contribution in [3.05, 3.63) is 105 Å². The highest BCUT2D eigenvalue weighted by atomic mass is 35.5. The molecule has 5 heteroatoms. The molecule has 0 saturated carbocycles. The van der Waals surface area contributed by atoms with E-state index in [1.54, 1.807) is 12.1 Å². The molecule has 1 fully saturated rings. The van der Waals surface area contributed by atoms with Crippen molar-refractivity contribution in [2.75, 3.05) is 0 Å². The van der Waals surface area contributed by atoms with Gasteiger partial charge in [-0.05, 0) is 42.0 Å². The molecule has 4 rings (SSSR count). The molecule has 2 nitrogen and oxygen atoms in total. The lowest BCUT2D eigenvalue weighted by Gasteiger charge is -2.49. The van der Waals surface area contributed by atoms with E-state index in [0.29, 0.717) is 10.0 Å². The largest absolute Gasteiger partial charge is 0.384 e. The number of hydrogen-bond acceptors (Lipinski definition) is 1. The Balaban J connectivity index is 1.83. The van der Waals surface area contributed by atoms with E-state index in [1.165, 1.54) is 12.1 Å². The fourth-order valence-electron chi connectivity index (χ4n) is 4.93. The molecule has 0 amide bonds. The predicted molar refractivity (Wildman–Crippen MR) is 119 cm³/mol. The lowest BCUT2D eigenvalue weighted by molar-refractivity contribution is -0.765. The molecule has 1 aliphatic heterocycles. The number of benzene rings is 3. The van der Waals surface area contributed by atoms with Gasteiger partial charge in [-0.1, -0.05) is 73.4 Å². The van der Waals surface area contributed by atoms with E-state index in [4.69, 9.17) is 23.2 Å². The summed E-state index contributed by atoms with van der Waals surface area (Å²) in [4.78, 5) is 0. The third kappa shape index (κ3) is 3.76.